The molecule has 4 aromatic carbocycles. The highest BCUT2D eigenvalue weighted by Crippen LogP contribution is 2.38. The van der Waals surface area contributed by atoms with Crippen LogP contribution in [0, 0.1) is 0 Å². The first-order valence-corrected chi connectivity index (χ1v) is 13.6. The summed E-state index contributed by atoms with van der Waals surface area (Å²) in [6, 6.07) is 21.7. The number of halogens is 3. The summed E-state index contributed by atoms with van der Waals surface area (Å²) in [7, 11) is -4.08. The summed E-state index contributed by atoms with van der Waals surface area (Å²) in [5.41, 5.74) is 1.22. The van der Waals surface area contributed by atoms with Crippen LogP contribution in [0.2, 0.25) is 15.1 Å². The number of rotatable bonds is 4. The van der Waals surface area contributed by atoms with Crippen molar-refractivity contribution in [1.82, 2.24) is 0 Å². The van der Waals surface area contributed by atoms with Crippen LogP contribution in [-0.2, 0) is 16.4 Å². The van der Waals surface area contributed by atoms with Gasteiger partial charge in [0.2, 0.25) is 9.84 Å². The van der Waals surface area contributed by atoms with Crippen LogP contribution in [0.4, 0.5) is 11.4 Å². The van der Waals surface area contributed by atoms with Crippen LogP contribution >= 0.6 is 34.8 Å². The molecule has 0 spiro atoms. The van der Waals surface area contributed by atoms with Crippen LogP contribution in [0.5, 0.6) is 0 Å². The zero-order chi connectivity index (χ0) is 26.3. The molecule has 0 aliphatic carbocycles. The van der Waals surface area contributed by atoms with Gasteiger partial charge in [-0.3, -0.25) is 9.59 Å². The van der Waals surface area contributed by atoms with Crippen molar-refractivity contribution >= 4 is 67.8 Å². The molecule has 0 atom stereocenters. The average molecular weight is 572 g/mol. The van der Waals surface area contributed by atoms with Crippen molar-refractivity contribution in [1.29, 1.82) is 0 Å². The van der Waals surface area contributed by atoms with Crippen molar-refractivity contribution in [3.8, 4) is 0 Å². The topological polar surface area (TPSA) is 83.6 Å². The highest BCUT2D eigenvalue weighted by atomic mass is 35.5. The van der Waals surface area contributed by atoms with Gasteiger partial charge in [0.15, 0.2) is 0 Å². The number of sulfone groups is 1. The fraction of sp³-hybridized carbons (Fsp3) is 0.0370. The lowest BCUT2D eigenvalue weighted by atomic mass is 10.1. The molecule has 1 heterocycles. The van der Waals surface area contributed by atoms with E-state index in [-0.39, 0.29) is 38.2 Å². The van der Waals surface area contributed by atoms with Gasteiger partial charge in [0.1, 0.15) is 0 Å². The Kier molecular flexibility index (Phi) is 6.72. The molecule has 37 heavy (non-hydrogen) atoms. The highest BCUT2D eigenvalue weighted by molar-refractivity contribution is 7.91. The monoisotopic (exact) mass is 570 g/mol. The Morgan fingerprint density at radius 2 is 1.57 bits per heavy atom. The molecule has 4 aromatic rings. The number of carbonyl (C=O) groups is 2. The lowest BCUT2D eigenvalue weighted by molar-refractivity contribution is 0.0979. The maximum atomic E-state index is 13.7. The second-order valence-corrected chi connectivity index (χ2v) is 11.4. The minimum absolute atomic E-state index is 0.0292. The van der Waals surface area contributed by atoms with E-state index in [2.05, 4.69) is 5.32 Å². The predicted octanol–water partition coefficient (Wildman–Crippen LogP) is 6.89. The van der Waals surface area contributed by atoms with Crippen molar-refractivity contribution in [2.75, 3.05) is 10.2 Å². The third-order valence-electron chi connectivity index (χ3n) is 5.86. The lowest BCUT2D eigenvalue weighted by Crippen LogP contribution is -2.30. The number of anilines is 2. The van der Waals surface area contributed by atoms with Gasteiger partial charge in [-0.15, -0.1) is 0 Å². The number of hydrogen-bond acceptors (Lipinski definition) is 4. The molecule has 0 saturated heterocycles. The molecule has 0 saturated carbocycles. The standard InChI is InChI=1S/C27H17Cl3N2O4S/c28-18-5-3-4-16(12-18)15-32-23-13-17(26(33)31-22-14-19(29)9-10-21(22)30)8-11-25(23)37(35,36)24-7-2-1-6-20(24)27(32)34/h1-14H,15H2,(H,31,33). The van der Waals surface area contributed by atoms with Gasteiger partial charge in [0.25, 0.3) is 11.8 Å². The number of benzene rings is 4. The summed E-state index contributed by atoms with van der Waals surface area (Å²) >= 11 is 18.4. The van der Waals surface area contributed by atoms with Crippen molar-refractivity contribution in [2.24, 2.45) is 0 Å². The molecule has 1 aliphatic rings. The molecular weight excluding hydrogens is 555 g/mol. The van der Waals surface area contributed by atoms with Gasteiger partial charge in [0, 0.05) is 15.6 Å². The van der Waals surface area contributed by atoms with Gasteiger partial charge >= 0.3 is 0 Å². The fourth-order valence-electron chi connectivity index (χ4n) is 4.11. The van der Waals surface area contributed by atoms with E-state index in [0.717, 1.165) is 0 Å². The number of fused-ring (bicyclic) bond motifs is 2. The van der Waals surface area contributed by atoms with E-state index in [1.54, 1.807) is 48.5 Å². The van der Waals surface area contributed by atoms with Gasteiger partial charge in [0.05, 0.1) is 38.3 Å². The summed E-state index contributed by atoms with van der Waals surface area (Å²) in [5, 5.41) is 3.82. The third kappa shape index (κ3) is 4.83. The third-order valence-corrected chi connectivity index (χ3v) is 8.52. The van der Waals surface area contributed by atoms with Gasteiger partial charge in [-0.2, -0.15) is 0 Å². The zero-order valence-corrected chi connectivity index (χ0v) is 22.0. The fourth-order valence-corrected chi connectivity index (χ4v) is 6.29. The van der Waals surface area contributed by atoms with E-state index in [4.69, 9.17) is 34.8 Å². The normalized spacial score (nSPS) is 13.9. The van der Waals surface area contributed by atoms with E-state index in [0.29, 0.717) is 21.3 Å². The van der Waals surface area contributed by atoms with Crippen molar-refractivity contribution in [3.05, 3.63) is 117 Å². The molecule has 10 heteroatoms. The number of carbonyl (C=O) groups excluding carboxylic acids is 2. The van der Waals surface area contributed by atoms with Crippen LogP contribution in [0.3, 0.4) is 0 Å². The Morgan fingerprint density at radius 3 is 2.35 bits per heavy atom. The molecule has 0 unspecified atom stereocenters. The largest absolute Gasteiger partial charge is 0.321 e. The first-order chi connectivity index (χ1) is 17.6. The van der Waals surface area contributed by atoms with Crippen molar-refractivity contribution < 1.29 is 18.0 Å². The van der Waals surface area contributed by atoms with E-state index in [1.807, 2.05) is 0 Å². The number of amides is 2. The minimum Gasteiger partial charge on any atom is -0.321 e. The molecule has 0 fully saturated rings. The molecule has 5 rings (SSSR count). The van der Waals surface area contributed by atoms with Gasteiger partial charge in [-0.05, 0) is 66.2 Å². The first-order valence-electron chi connectivity index (χ1n) is 11.0. The smallest absolute Gasteiger partial charge is 0.259 e. The van der Waals surface area contributed by atoms with E-state index in [9.17, 15) is 18.0 Å². The average Bonchev–Trinajstić information content (AvgIpc) is 2.94. The number of hydrogen-bond donors (Lipinski definition) is 1. The van der Waals surface area contributed by atoms with E-state index >= 15 is 0 Å². The quantitative estimate of drug-likeness (QED) is 0.289. The Hall–Kier alpha value is -3.36. The Balaban J connectivity index is 1.65. The molecule has 0 aromatic heterocycles. The van der Waals surface area contributed by atoms with Crippen LogP contribution in [0.1, 0.15) is 26.3 Å². The Bertz CT molecular complexity index is 1690. The van der Waals surface area contributed by atoms with Crippen molar-refractivity contribution in [2.45, 2.75) is 16.3 Å². The molecule has 0 bridgehead atoms. The lowest BCUT2D eigenvalue weighted by Gasteiger charge is -2.23. The summed E-state index contributed by atoms with van der Waals surface area (Å²) in [6.07, 6.45) is 0. The molecule has 0 radical (unpaired) electrons. The van der Waals surface area contributed by atoms with Crippen molar-refractivity contribution in [3.63, 3.8) is 0 Å². The maximum absolute atomic E-state index is 13.7. The minimum atomic E-state index is -4.08. The second kappa shape index (κ2) is 9.84. The number of nitrogens with zero attached hydrogens (tertiary/aromatic N) is 1. The van der Waals surface area contributed by atoms with Crippen LogP contribution in [0.15, 0.2) is 94.7 Å². The molecule has 1 N–H and O–H groups in total. The maximum Gasteiger partial charge on any atom is 0.259 e. The first kappa shape index (κ1) is 25.3. The summed E-state index contributed by atoms with van der Waals surface area (Å²) in [4.78, 5) is 28.0. The zero-order valence-electron chi connectivity index (χ0n) is 18.9. The molecule has 1 aliphatic heterocycles. The van der Waals surface area contributed by atoms with E-state index in [1.165, 1.54) is 41.3 Å². The molecular formula is C27H17Cl3N2O4S. The summed E-state index contributed by atoms with van der Waals surface area (Å²) in [6.45, 7) is 0.0292. The molecule has 186 valence electrons. The highest BCUT2D eigenvalue weighted by Gasteiger charge is 2.36. The Morgan fingerprint density at radius 1 is 0.811 bits per heavy atom. The summed E-state index contributed by atoms with van der Waals surface area (Å²) in [5.74, 6) is -1.07. The molecule has 6 nitrogen and oxygen atoms in total. The van der Waals surface area contributed by atoms with E-state index < -0.39 is 21.7 Å². The molecule has 2 amide bonds. The van der Waals surface area contributed by atoms with Crippen LogP contribution < -0.4 is 10.2 Å². The SMILES string of the molecule is O=C(Nc1cc(Cl)ccc1Cl)c1ccc2c(c1)N(Cc1cccc(Cl)c1)C(=O)c1ccccc1S2(=O)=O. The van der Waals surface area contributed by atoms with Crippen LogP contribution in [-0.4, -0.2) is 20.2 Å². The number of nitrogens with one attached hydrogen (secondary N) is 1. The summed E-state index contributed by atoms with van der Waals surface area (Å²) < 4.78 is 27.3. The predicted molar refractivity (Wildman–Crippen MR) is 145 cm³/mol. The van der Waals surface area contributed by atoms with Gasteiger partial charge < -0.3 is 10.2 Å². The van der Waals surface area contributed by atoms with Crippen LogP contribution in [0.25, 0.3) is 0 Å². The Labute approximate surface area is 228 Å². The second-order valence-electron chi connectivity index (χ2n) is 8.28. The van der Waals surface area contributed by atoms with Gasteiger partial charge in [-0.1, -0.05) is 59.1 Å². The van der Waals surface area contributed by atoms with Gasteiger partial charge in [-0.25, -0.2) is 8.42 Å².